The minimum Gasteiger partial charge on any atom is -0.497 e. The molecule has 0 radical (unpaired) electrons. The Kier molecular flexibility index (Phi) is 11.2. The Bertz CT molecular complexity index is 1730. The van der Waals surface area contributed by atoms with Gasteiger partial charge in [-0.05, 0) is 76.4 Å². The molecule has 4 aromatic carbocycles. The normalized spacial score (nSPS) is 11.8. The molecule has 1 atom stereocenters. The van der Waals surface area contributed by atoms with Crippen molar-refractivity contribution >= 4 is 43.5 Å². The molecule has 0 saturated heterocycles. The average Bonchev–Trinajstić information content (AvgIpc) is 3.05. The van der Waals surface area contributed by atoms with E-state index in [-0.39, 0.29) is 23.8 Å². The molecule has 0 unspecified atom stereocenters. The van der Waals surface area contributed by atoms with Crippen LogP contribution in [0.5, 0.6) is 11.5 Å². The van der Waals surface area contributed by atoms with E-state index in [0.29, 0.717) is 27.2 Å². The summed E-state index contributed by atoms with van der Waals surface area (Å²) in [5.74, 6) is 0.122. The minimum atomic E-state index is -4.26. The van der Waals surface area contributed by atoms with Crippen LogP contribution in [0, 0.1) is 6.92 Å². The number of ether oxygens (including phenoxy) is 2. The molecule has 0 aromatic heterocycles. The van der Waals surface area contributed by atoms with E-state index in [9.17, 15) is 18.0 Å². The number of nitrogens with one attached hydrogen (secondary N) is 1. The topological polar surface area (TPSA) is 105 Å². The highest BCUT2D eigenvalue weighted by molar-refractivity contribution is 9.10. The van der Waals surface area contributed by atoms with Crippen molar-refractivity contribution in [2.45, 2.75) is 30.8 Å². The van der Waals surface area contributed by atoms with E-state index >= 15 is 0 Å². The van der Waals surface area contributed by atoms with E-state index in [4.69, 9.17) is 9.47 Å². The van der Waals surface area contributed by atoms with Crippen molar-refractivity contribution in [2.24, 2.45) is 0 Å². The lowest BCUT2D eigenvalue weighted by Crippen LogP contribution is -2.53. The van der Waals surface area contributed by atoms with Gasteiger partial charge in [-0.25, -0.2) is 8.42 Å². The number of amides is 2. The van der Waals surface area contributed by atoms with E-state index in [1.54, 1.807) is 55.6 Å². The van der Waals surface area contributed by atoms with Crippen LogP contribution in [0.25, 0.3) is 0 Å². The number of sulfonamides is 1. The lowest BCUT2D eigenvalue weighted by Gasteiger charge is -2.33. The summed E-state index contributed by atoms with van der Waals surface area (Å²) >= 11 is 3.37. The van der Waals surface area contributed by atoms with Gasteiger partial charge in [0, 0.05) is 20.0 Å². The molecule has 2 amide bonds. The molecule has 0 spiro atoms. The highest BCUT2D eigenvalue weighted by Gasteiger charge is 2.34. The molecule has 236 valence electrons. The largest absolute Gasteiger partial charge is 0.497 e. The van der Waals surface area contributed by atoms with Crippen LogP contribution in [-0.4, -0.2) is 59.0 Å². The smallest absolute Gasteiger partial charge is 0.264 e. The summed E-state index contributed by atoms with van der Waals surface area (Å²) < 4.78 is 40.6. The van der Waals surface area contributed by atoms with Crippen LogP contribution in [-0.2, 0) is 32.6 Å². The number of aryl methyl sites for hydroxylation is 1. The van der Waals surface area contributed by atoms with Gasteiger partial charge in [0.15, 0.2) is 0 Å². The van der Waals surface area contributed by atoms with E-state index < -0.39 is 28.5 Å². The fourth-order valence-corrected chi connectivity index (χ4v) is 7.00. The van der Waals surface area contributed by atoms with Crippen LogP contribution in [0.2, 0.25) is 0 Å². The van der Waals surface area contributed by atoms with E-state index in [1.165, 1.54) is 31.2 Å². The van der Waals surface area contributed by atoms with Gasteiger partial charge in [0.25, 0.3) is 10.0 Å². The van der Waals surface area contributed by atoms with Gasteiger partial charge in [-0.15, -0.1) is 0 Å². The first-order valence-corrected chi connectivity index (χ1v) is 16.4. The van der Waals surface area contributed by atoms with E-state index in [2.05, 4.69) is 21.2 Å². The number of benzene rings is 4. The molecule has 9 nitrogen and oxygen atoms in total. The predicted octanol–water partition coefficient (Wildman–Crippen LogP) is 5.36. The number of rotatable bonds is 13. The van der Waals surface area contributed by atoms with Gasteiger partial charge in [-0.2, -0.15) is 0 Å². The van der Waals surface area contributed by atoms with E-state index in [1.807, 2.05) is 43.3 Å². The molecule has 0 aliphatic carbocycles. The Morgan fingerprint density at radius 2 is 1.56 bits per heavy atom. The molecule has 0 aliphatic rings. The van der Waals surface area contributed by atoms with E-state index in [0.717, 1.165) is 15.4 Å². The molecule has 0 heterocycles. The molecule has 0 saturated carbocycles. The maximum Gasteiger partial charge on any atom is 0.264 e. The maximum absolute atomic E-state index is 14.4. The summed E-state index contributed by atoms with van der Waals surface area (Å²) in [6.07, 6.45) is 0.221. The molecule has 0 fully saturated rings. The second kappa shape index (κ2) is 15.1. The molecular formula is C34H36BrN3O6S. The van der Waals surface area contributed by atoms with Crippen molar-refractivity contribution < 1.29 is 27.5 Å². The van der Waals surface area contributed by atoms with Gasteiger partial charge in [0.1, 0.15) is 24.1 Å². The second-order valence-corrected chi connectivity index (χ2v) is 13.1. The first kappa shape index (κ1) is 33.5. The van der Waals surface area contributed by atoms with Gasteiger partial charge in [0.2, 0.25) is 11.8 Å². The van der Waals surface area contributed by atoms with Gasteiger partial charge in [-0.1, -0.05) is 60.2 Å². The van der Waals surface area contributed by atoms with Crippen LogP contribution in [0.1, 0.15) is 16.7 Å². The summed E-state index contributed by atoms with van der Waals surface area (Å²) in [6, 6.07) is 26.9. The zero-order valence-electron chi connectivity index (χ0n) is 25.6. The molecule has 1 N–H and O–H groups in total. The van der Waals surface area contributed by atoms with Crippen LogP contribution in [0.15, 0.2) is 106 Å². The number of carbonyl (C=O) groups is 2. The highest BCUT2D eigenvalue weighted by atomic mass is 79.9. The number of hydrogen-bond acceptors (Lipinski definition) is 6. The van der Waals surface area contributed by atoms with Crippen LogP contribution in [0.4, 0.5) is 5.69 Å². The van der Waals surface area contributed by atoms with Crippen molar-refractivity contribution in [3.63, 3.8) is 0 Å². The third-order valence-corrected chi connectivity index (χ3v) is 9.71. The summed E-state index contributed by atoms with van der Waals surface area (Å²) in [7, 11) is 0.291. The number of nitrogens with zero attached hydrogens (tertiary/aromatic N) is 2. The summed E-state index contributed by atoms with van der Waals surface area (Å²) in [5.41, 5.74) is 2.80. The quantitative estimate of drug-likeness (QED) is 0.202. The molecule has 0 aliphatic heterocycles. The minimum absolute atomic E-state index is 0.0324. The number of carbonyl (C=O) groups excluding carboxylic acids is 2. The number of likely N-dealkylation sites (N-methyl/N-ethyl adjacent to an activating group) is 1. The van der Waals surface area contributed by atoms with Gasteiger partial charge >= 0.3 is 0 Å². The average molecular weight is 695 g/mol. The Labute approximate surface area is 273 Å². The first-order valence-electron chi connectivity index (χ1n) is 14.2. The fourth-order valence-electron chi connectivity index (χ4n) is 4.86. The molecule has 45 heavy (non-hydrogen) atoms. The Morgan fingerprint density at radius 3 is 2.18 bits per heavy atom. The summed E-state index contributed by atoms with van der Waals surface area (Å²) in [5, 5.41) is 2.69. The lowest BCUT2D eigenvalue weighted by molar-refractivity contribution is -0.139. The molecule has 0 bridgehead atoms. The fraction of sp³-hybridized carbons (Fsp3) is 0.235. The zero-order valence-corrected chi connectivity index (χ0v) is 28.0. The molecular weight excluding hydrogens is 658 g/mol. The molecule has 11 heteroatoms. The third kappa shape index (κ3) is 8.23. The van der Waals surface area contributed by atoms with Crippen LogP contribution >= 0.6 is 15.9 Å². The Balaban J connectivity index is 1.80. The van der Waals surface area contributed by atoms with Crippen molar-refractivity contribution in [2.75, 3.05) is 32.1 Å². The van der Waals surface area contributed by atoms with Crippen LogP contribution in [0.3, 0.4) is 0 Å². The van der Waals surface area contributed by atoms with Crippen molar-refractivity contribution in [3.05, 3.63) is 118 Å². The van der Waals surface area contributed by atoms with Gasteiger partial charge < -0.3 is 19.7 Å². The number of halogens is 1. The van der Waals surface area contributed by atoms with Gasteiger partial charge in [-0.3, -0.25) is 13.9 Å². The number of anilines is 1. The molecule has 4 aromatic rings. The lowest BCUT2D eigenvalue weighted by atomic mass is 10.0. The van der Waals surface area contributed by atoms with Gasteiger partial charge in [0.05, 0.1) is 29.3 Å². The Morgan fingerprint density at radius 1 is 0.867 bits per heavy atom. The number of hydrogen-bond donors (Lipinski definition) is 1. The van der Waals surface area contributed by atoms with Crippen molar-refractivity contribution in [1.29, 1.82) is 0 Å². The zero-order chi connectivity index (χ0) is 32.6. The standard InChI is InChI=1S/C34H36BrN3O6S/c1-24-13-15-27(16-14-24)38(45(41,42)29-17-18-32(44-4)30(35)21-29)23-33(39)37(22-26-11-8-12-28(19-26)43-3)31(34(40)36-2)20-25-9-6-5-7-10-25/h5-19,21,31H,20,22-23H2,1-4H3,(H,36,40)/t31-/m0/s1. The predicted molar refractivity (Wildman–Crippen MR) is 178 cm³/mol. The second-order valence-electron chi connectivity index (χ2n) is 10.3. The molecule has 4 rings (SSSR count). The monoisotopic (exact) mass is 693 g/mol. The highest BCUT2D eigenvalue weighted by Crippen LogP contribution is 2.31. The van der Waals surface area contributed by atoms with Crippen LogP contribution < -0.4 is 19.1 Å². The SMILES string of the molecule is CNC(=O)[C@H](Cc1ccccc1)N(Cc1cccc(OC)c1)C(=O)CN(c1ccc(C)cc1)S(=O)(=O)c1ccc(OC)c(Br)c1. The summed E-state index contributed by atoms with van der Waals surface area (Å²) in [4.78, 5) is 29.2. The maximum atomic E-state index is 14.4. The number of methoxy groups -OCH3 is 2. The Hall–Kier alpha value is -4.35. The first-order chi connectivity index (χ1) is 21.6. The third-order valence-electron chi connectivity index (χ3n) is 7.32. The van der Waals surface area contributed by atoms with Crippen molar-refractivity contribution in [3.8, 4) is 11.5 Å². The summed E-state index contributed by atoms with van der Waals surface area (Å²) in [6.45, 7) is 1.37. The van der Waals surface area contributed by atoms with Crippen molar-refractivity contribution in [1.82, 2.24) is 10.2 Å².